The van der Waals surface area contributed by atoms with Gasteiger partial charge >= 0.3 is 5.97 Å². The molecule has 1 aromatic heterocycles. The second-order valence-electron chi connectivity index (χ2n) is 9.78. The maximum Gasteiger partial charge on any atom is 0.309 e. The van der Waals surface area contributed by atoms with Gasteiger partial charge in [0.05, 0.1) is 25.5 Å². The molecule has 5 aromatic rings. The number of esters is 1. The topological polar surface area (TPSA) is 91.7 Å². The average Bonchev–Trinajstić information content (AvgIpc) is 3.35. The Morgan fingerprint density at radius 1 is 0.833 bits per heavy atom. The molecule has 0 atom stereocenters. The number of carbonyl (C=O) groups excluding carboxylic acids is 2. The molecule has 0 aliphatic heterocycles. The molecule has 1 N–H and O–H groups in total. The van der Waals surface area contributed by atoms with Gasteiger partial charge in [-0.2, -0.15) is 9.78 Å². The summed E-state index contributed by atoms with van der Waals surface area (Å²) >= 11 is 0. The molecule has 0 aliphatic rings. The maximum atomic E-state index is 12.9. The SMILES string of the molecule is COc1ccc(-c2nn(-c3ccc(C)cc3)c(OC(C)=O)c2-c2ccc(NC(=O)c3ccccc3C)cc2)c(OC)c1. The van der Waals surface area contributed by atoms with Crippen molar-refractivity contribution in [3.05, 3.63) is 108 Å². The number of benzene rings is 4. The Morgan fingerprint density at radius 3 is 2.19 bits per heavy atom. The minimum Gasteiger partial charge on any atom is -0.497 e. The first-order valence-corrected chi connectivity index (χ1v) is 13.4. The standard InChI is InChI=1S/C34H31N3O5/c1-21-10-16-26(17-11-21)37-34(42-23(3)38)31(32(36-37)29-19-18-27(40-4)20-30(29)41-5)24-12-14-25(15-13-24)35-33(39)28-9-7-6-8-22(28)2/h6-20H,1-5H3,(H,35,39). The third-order valence-electron chi connectivity index (χ3n) is 6.85. The predicted molar refractivity (Wildman–Crippen MR) is 163 cm³/mol. The van der Waals surface area contributed by atoms with E-state index in [1.165, 1.54) is 6.92 Å². The second kappa shape index (κ2) is 12.0. The molecule has 0 unspecified atom stereocenters. The predicted octanol–water partition coefficient (Wildman–Crippen LogP) is 7.02. The van der Waals surface area contributed by atoms with Gasteiger partial charge in [-0.25, -0.2) is 0 Å². The van der Waals surface area contributed by atoms with Crippen molar-refractivity contribution in [2.24, 2.45) is 0 Å². The number of nitrogens with one attached hydrogen (secondary N) is 1. The Hall–Kier alpha value is -5.37. The van der Waals surface area contributed by atoms with Crippen LogP contribution in [0.15, 0.2) is 91.0 Å². The van der Waals surface area contributed by atoms with Gasteiger partial charge in [-0.05, 0) is 67.4 Å². The number of ether oxygens (including phenoxy) is 3. The van der Waals surface area contributed by atoms with Crippen LogP contribution in [0.3, 0.4) is 0 Å². The van der Waals surface area contributed by atoms with Gasteiger partial charge < -0.3 is 19.5 Å². The number of hydrogen-bond acceptors (Lipinski definition) is 6. The van der Waals surface area contributed by atoms with Gasteiger partial charge in [-0.1, -0.05) is 48.0 Å². The minimum absolute atomic E-state index is 0.197. The third-order valence-corrected chi connectivity index (χ3v) is 6.85. The van der Waals surface area contributed by atoms with Crippen molar-refractivity contribution in [3.63, 3.8) is 0 Å². The van der Waals surface area contributed by atoms with E-state index in [1.54, 1.807) is 43.2 Å². The number of hydrogen-bond donors (Lipinski definition) is 1. The van der Waals surface area contributed by atoms with Gasteiger partial charge in [-0.15, -0.1) is 0 Å². The molecule has 1 amide bonds. The van der Waals surface area contributed by atoms with E-state index in [2.05, 4.69) is 5.32 Å². The molecule has 0 saturated carbocycles. The Labute approximate surface area is 244 Å². The van der Waals surface area contributed by atoms with Crippen molar-refractivity contribution in [3.8, 4) is 45.5 Å². The fraction of sp³-hybridized carbons (Fsp3) is 0.147. The quantitative estimate of drug-likeness (QED) is 0.205. The lowest BCUT2D eigenvalue weighted by atomic mass is 10.00. The molecule has 0 fully saturated rings. The first-order valence-electron chi connectivity index (χ1n) is 13.4. The first-order chi connectivity index (χ1) is 20.3. The van der Waals surface area contributed by atoms with Crippen LogP contribution in [0.5, 0.6) is 17.4 Å². The van der Waals surface area contributed by atoms with Crippen molar-refractivity contribution < 1.29 is 23.8 Å². The normalized spacial score (nSPS) is 10.7. The number of anilines is 1. The van der Waals surface area contributed by atoms with Crippen molar-refractivity contribution in [2.45, 2.75) is 20.8 Å². The van der Waals surface area contributed by atoms with Gasteiger partial charge in [0.25, 0.3) is 5.91 Å². The number of methoxy groups -OCH3 is 2. The van der Waals surface area contributed by atoms with Crippen LogP contribution < -0.4 is 19.5 Å². The molecule has 0 bridgehead atoms. The minimum atomic E-state index is -0.486. The number of aromatic nitrogens is 2. The zero-order valence-corrected chi connectivity index (χ0v) is 24.1. The smallest absolute Gasteiger partial charge is 0.309 e. The van der Waals surface area contributed by atoms with Gasteiger partial charge in [-0.3, -0.25) is 9.59 Å². The van der Waals surface area contributed by atoms with Crippen LogP contribution in [-0.4, -0.2) is 35.9 Å². The van der Waals surface area contributed by atoms with E-state index >= 15 is 0 Å². The molecule has 8 heteroatoms. The summed E-state index contributed by atoms with van der Waals surface area (Å²) in [6.45, 7) is 5.25. The van der Waals surface area contributed by atoms with Crippen molar-refractivity contribution in [1.29, 1.82) is 0 Å². The third kappa shape index (κ3) is 5.74. The van der Waals surface area contributed by atoms with Crippen LogP contribution in [0, 0.1) is 13.8 Å². The summed E-state index contributed by atoms with van der Waals surface area (Å²) in [7, 11) is 3.16. The number of amides is 1. The zero-order valence-electron chi connectivity index (χ0n) is 24.1. The van der Waals surface area contributed by atoms with E-state index in [-0.39, 0.29) is 11.8 Å². The Bertz CT molecular complexity index is 1760. The van der Waals surface area contributed by atoms with E-state index in [1.807, 2.05) is 80.6 Å². The molecular formula is C34H31N3O5. The number of aryl methyl sites for hydroxylation is 2. The summed E-state index contributed by atoms with van der Waals surface area (Å²) in [6, 6.07) is 28.0. The summed E-state index contributed by atoms with van der Waals surface area (Å²) < 4.78 is 18.6. The molecule has 8 nitrogen and oxygen atoms in total. The highest BCUT2D eigenvalue weighted by molar-refractivity contribution is 6.05. The number of carbonyl (C=O) groups is 2. The van der Waals surface area contributed by atoms with Gasteiger partial charge in [0.15, 0.2) is 0 Å². The van der Waals surface area contributed by atoms with Gasteiger partial charge in [0, 0.05) is 29.8 Å². The van der Waals surface area contributed by atoms with Crippen LogP contribution >= 0.6 is 0 Å². The Balaban J connectivity index is 1.66. The largest absolute Gasteiger partial charge is 0.497 e. The van der Waals surface area contributed by atoms with Crippen LogP contribution in [0.4, 0.5) is 5.69 Å². The fourth-order valence-electron chi connectivity index (χ4n) is 4.68. The highest BCUT2D eigenvalue weighted by Crippen LogP contribution is 2.44. The summed E-state index contributed by atoms with van der Waals surface area (Å²) in [5, 5.41) is 7.90. The van der Waals surface area contributed by atoms with E-state index in [0.29, 0.717) is 39.6 Å². The molecule has 0 aliphatic carbocycles. The van der Waals surface area contributed by atoms with Crippen LogP contribution in [0.1, 0.15) is 28.4 Å². The first kappa shape index (κ1) is 28.2. The summed E-state index contributed by atoms with van der Waals surface area (Å²) in [5.41, 5.74) is 6.46. The lowest BCUT2D eigenvalue weighted by molar-refractivity contribution is -0.132. The molecule has 4 aromatic carbocycles. The van der Waals surface area contributed by atoms with Crippen molar-refractivity contribution in [1.82, 2.24) is 9.78 Å². The molecule has 0 radical (unpaired) electrons. The van der Waals surface area contributed by atoms with E-state index in [0.717, 1.165) is 22.4 Å². The lowest BCUT2D eigenvalue weighted by Gasteiger charge is -2.12. The Morgan fingerprint density at radius 2 is 1.55 bits per heavy atom. The van der Waals surface area contributed by atoms with E-state index in [4.69, 9.17) is 19.3 Å². The molecule has 0 spiro atoms. The highest BCUT2D eigenvalue weighted by atomic mass is 16.5. The van der Waals surface area contributed by atoms with Gasteiger partial charge in [0.2, 0.25) is 5.88 Å². The number of nitrogens with zero attached hydrogens (tertiary/aromatic N) is 2. The van der Waals surface area contributed by atoms with Crippen molar-refractivity contribution in [2.75, 3.05) is 19.5 Å². The molecule has 0 saturated heterocycles. The molecule has 5 rings (SSSR count). The second-order valence-corrected chi connectivity index (χ2v) is 9.78. The highest BCUT2D eigenvalue weighted by Gasteiger charge is 2.26. The average molecular weight is 562 g/mol. The van der Waals surface area contributed by atoms with E-state index < -0.39 is 5.97 Å². The summed E-state index contributed by atoms with van der Waals surface area (Å²) in [5.74, 6) is 0.748. The van der Waals surface area contributed by atoms with Gasteiger partial charge in [0.1, 0.15) is 17.2 Å². The molecule has 1 heterocycles. The van der Waals surface area contributed by atoms with E-state index in [9.17, 15) is 9.59 Å². The molecule has 42 heavy (non-hydrogen) atoms. The summed E-state index contributed by atoms with van der Waals surface area (Å²) in [4.78, 5) is 25.3. The zero-order chi connectivity index (χ0) is 29.8. The molecular weight excluding hydrogens is 530 g/mol. The van der Waals surface area contributed by atoms with Crippen LogP contribution in [-0.2, 0) is 4.79 Å². The summed E-state index contributed by atoms with van der Waals surface area (Å²) in [6.07, 6.45) is 0. The monoisotopic (exact) mass is 561 g/mol. The maximum absolute atomic E-state index is 12.9. The lowest BCUT2D eigenvalue weighted by Crippen LogP contribution is -2.13. The fourth-order valence-corrected chi connectivity index (χ4v) is 4.68. The Kier molecular flexibility index (Phi) is 8.06. The number of rotatable bonds is 8. The van der Waals surface area contributed by atoms with Crippen LogP contribution in [0.2, 0.25) is 0 Å². The van der Waals surface area contributed by atoms with Crippen molar-refractivity contribution >= 4 is 17.6 Å². The molecule has 212 valence electrons. The van der Waals surface area contributed by atoms with Crippen LogP contribution in [0.25, 0.3) is 28.1 Å².